The van der Waals surface area contributed by atoms with E-state index in [0.717, 1.165) is 31.6 Å². The lowest BCUT2D eigenvalue weighted by atomic mass is 10.1. The Morgan fingerprint density at radius 1 is 1.33 bits per heavy atom. The highest BCUT2D eigenvalue weighted by molar-refractivity contribution is 5.20. The summed E-state index contributed by atoms with van der Waals surface area (Å²) in [6, 6.07) is 8.59. The fourth-order valence-electron chi connectivity index (χ4n) is 1.38. The maximum absolute atomic E-state index is 5.48. The van der Waals surface area contributed by atoms with Crippen molar-refractivity contribution in [3.8, 4) is 0 Å². The molecule has 82 valence electrons. The molecule has 0 saturated heterocycles. The SMILES string of the molecule is C=C(N)CCCNCc1ccc(C)cc1. The number of hydrogen-bond donors (Lipinski definition) is 2. The molecular weight excluding hydrogens is 184 g/mol. The Morgan fingerprint density at radius 2 is 2.00 bits per heavy atom. The van der Waals surface area contributed by atoms with E-state index in [9.17, 15) is 0 Å². The summed E-state index contributed by atoms with van der Waals surface area (Å²) in [4.78, 5) is 0. The van der Waals surface area contributed by atoms with Crippen molar-refractivity contribution in [1.82, 2.24) is 5.32 Å². The molecule has 0 spiro atoms. The molecule has 0 unspecified atom stereocenters. The van der Waals surface area contributed by atoms with Gasteiger partial charge in [-0.05, 0) is 31.9 Å². The quantitative estimate of drug-likeness (QED) is 0.698. The van der Waals surface area contributed by atoms with Gasteiger partial charge in [0.1, 0.15) is 0 Å². The van der Waals surface area contributed by atoms with Crippen molar-refractivity contribution in [2.45, 2.75) is 26.3 Å². The van der Waals surface area contributed by atoms with Gasteiger partial charge in [0.2, 0.25) is 0 Å². The Bertz CT molecular complexity index is 301. The average molecular weight is 204 g/mol. The molecule has 0 radical (unpaired) electrons. The monoisotopic (exact) mass is 204 g/mol. The van der Waals surface area contributed by atoms with Gasteiger partial charge < -0.3 is 11.1 Å². The molecule has 15 heavy (non-hydrogen) atoms. The zero-order chi connectivity index (χ0) is 11.1. The lowest BCUT2D eigenvalue weighted by Gasteiger charge is -2.05. The summed E-state index contributed by atoms with van der Waals surface area (Å²) in [5.74, 6) is 0. The van der Waals surface area contributed by atoms with Crippen LogP contribution in [0.4, 0.5) is 0 Å². The summed E-state index contributed by atoms with van der Waals surface area (Å²) in [6.45, 7) is 7.69. The number of nitrogens with two attached hydrogens (primary N) is 1. The minimum absolute atomic E-state index is 0.770. The van der Waals surface area contributed by atoms with Gasteiger partial charge in [-0.2, -0.15) is 0 Å². The molecule has 0 bridgehead atoms. The normalized spacial score (nSPS) is 10.2. The molecule has 1 rings (SSSR count). The predicted molar refractivity (Wildman–Crippen MR) is 65.4 cm³/mol. The average Bonchev–Trinajstić information content (AvgIpc) is 2.20. The van der Waals surface area contributed by atoms with Crippen LogP contribution in [-0.4, -0.2) is 6.54 Å². The highest BCUT2D eigenvalue weighted by Crippen LogP contribution is 2.02. The lowest BCUT2D eigenvalue weighted by Crippen LogP contribution is -2.15. The molecular formula is C13H20N2. The first kappa shape index (κ1) is 11.8. The third-order valence-electron chi connectivity index (χ3n) is 2.30. The summed E-state index contributed by atoms with van der Waals surface area (Å²) in [6.07, 6.45) is 1.96. The number of allylic oxidation sites excluding steroid dienone is 1. The maximum Gasteiger partial charge on any atom is 0.0205 e. The van der Waals surface area contributed by atoms with Crippen LogP contribution in [0.5, 0.6) is 0 Å². The van der Waals surface area contributed by atoms with Gasteiger partial charge in [0, 0.05) is 12.2 Å². The third kappa shape index (κ3) is 5.23. The molecule has 0 aliphatic heterocycles. The van der Waals surface area contributed by atoms with Crippen LogP contribution >= 0.6 is 0 Å². The number of aryl methyl sites for hydroxylation is 1. The van der Waals surface area contributed by atoms with Crippen LogP contribution in [0.1, 0.15) is 24.0 Å². The standard InChI is InChI=1S/C13H20N2/c1-11-5-7-13(8-6-11)10-15-9-3-4-12(2)14/h5-8,15H,2-4,9-10,14H2,1H3. The Hall–Kier alpha value is -1.28. The Kier molecular flexibility index (Phi) is 4.91. The molecule has 0 saturated carbocycles. The zero-order valence-electron chi connectivity index (χ0n) is 9.42. The number of nitrogens with one attached hydrogen (secondary N) is 1. The molecule has 2 nitrogen and oxygen atoms in total. The van der Waals surface area contributed by atoms with Crippen LogP contribution in [-0.2, 0) is 6.54 Å². The molecule has 0 amide bonds. The minimum atomic E-state index is 0.770. The van der Waals surface area contributed by atoms with Gasteiger partial charge in [-0.15, -0.1) is 0 Å². The molecule has 0 aliphatic carbocycles. The van der Waals surface area contributed by atoms with Crippen LogP contribution in [0.15, 0.2) is 36.5 Å². The van der Waals surface area contributed by atoms with Gasteiger partial charge >= 0.3 is 0 Å². The predicted octanol–water partition coefficient (Wildman–Crippen LogP) is 2.34. The summed E-state index contributed by atoms with van der Waals surface area (Å²) >= 11 is 0. The molecule has 3 N–H and O–H groups in total. The number of benzene rings is 1. The minimum Gasteiger partial charge on any atom is -0.403 e. The summed E-state index contributed by atoms with van der Waals surface area (Å²) < 4.78 is 0. The first-order valence-corrected chi connectivity index (χ1v) is 5.38. The van der Waals surface area contributed by atoms with E-state index in [2.05, 4.69) is 43.1 Å². The van der Waals surface area contributed by atoms with Crippen molar-refractivity contribution >= 4 is 0 Å². The Balaban J connectivity index is 2.15. The summed E-state index contributed by atoms with van der Waals surface area (Å²) in [7, 11) is 0. The van der Waals surface area contributed by atoms with Crippen molar-refractivity contribution in [3.63, 3.8) is 0 Å². The largest absolute Gasteiger partial charge is 0.403 e. The maximum atomic E-state index is 5.48. The second kappa shape index (κ2) is 6.25. The first-order chi connectivity index (χ1) is 7.18. The van der Waals surface area contributed by atoms with Crippen LogP contribution in [0, 0.1) is 6.92 Å². The molecule has 0 aliphatic rings. The first-order valence-electron chi connectivity index (χ1n) is 5.38. The number of hydrogen-bond acceptors (Lipinski definition) is 2. The van der Waals surface area contributed by atoms with E-state index in [4.69, 9.17) is 5.73 Å². The van der Waals surface area contributed by atoms with Crippen LogP contribution < -0.4 is 11.1 Å². The third-order valence-corrected chi connectivity index (χ3v) is 2.30. The fourth-order valence-corrected chi connectivity index (χ4v) is 1.38. The van der Waals surface area contributed by atoms with E-state index in [-0.39, 0.29) is 0 Å². The van der Waals surface area contributed by atoms with Gasteiger partial charge in [-0.25, -0.2) is 0 Å². The van der Waals surface area contributed by atoms with Gasteiger partial charge in [-0.1, -0.05) is 36.4 Å². The van der Waals surface area contributed by atoms with Crippen LogP contribution in [0.2, 0.25) is 0 Å². The van der Waals surface area contributed by atoms with Gasteiger partial charge in [0.15, 0.2) is 0 Å². The van der Waals surface area contributed by atoms with Crippen molar-refractivity contribution in [1.29, 1.82) is 0 Å². The van der Waals surface area contributed by atoms with Gasteiger partial charge in [-0.3, -0.25) is 0 Å². The zero-order valence-corrected chi connectivity index (χ0v) is 9.42. The van der Waals surface area contributed by atoms with E-state index in [1.54, 1.807) is 0 Å². The second-order valence-corrected chi connectivity index (χ2v) is 3.92. The highest BCUT2D eigenvalue weighted by atomic mass is 14.8. The van der Waals surface area contributed by atoms with Crippen molar-refractivity contribution in [2.75, 3.05) is 6.54 Å². The summed E-state index contributed by atoms with van der Waals surface area (Å²) in [5.41, 5.74) is 8.88. The molecule has 0 aromatic heterocycles. The Labute approximate surface area is 92.2 Å². The molecule has 0 atom stereocenters. The van der Waals surface area contributed by atoms with Gasteiger partial charge in [0.25, 0.3) is 0 Å². The van der Waals surface area contributed by atoms with Crippen LogP contribution in [0.3, 0.4) is 0 Å². The Morgan fingerprint density at radius 3 is 2.60 bits per heavy atom. The summed E-state index contributed by atoms with van der Waals surface area (Å²) in [5, 5.41) is 3.38. The van der Waals surface area contributed by atoms with E-state index >= 15 is 0 Å². The molecule has 0 heterocycles. The highest BCUT2D eigenvalue weighted by Gasteiger charge is 1.92. The van der Waals surface area contributed by atoms with Gasteiger partial charge in [0.05, 0.1) is 0 Å². The molecule has 1 aromatic carbocycles. The van der Waals surface area contributed by atoms with Crippen molar-refractivity contribution < 1.29 is 0 Å². The van der Waals surface area contributed by atoms with E-state index in [1.807, 2.05) is 0 Å². The van der Waals surface area contributed by atoms with E-state index < -0.39 is 0 Å². The molecule has 1 aromatic rings. The number of rotatable bonds is 6. The fraction of sp³-hybridized carbons (Fsp3) is 0.385. The molecule has 2 heteroatoms. The van der Waals surface area contributed by atoms with Crippen molar-refractivity contribution in [3.05, 3.63) is 47.7 Å². The topological polar surface area (TPSA) is 38.0 Å². The van der Waals surface area contributed by atoms with Crippen molar-refractivity contribution in [2.24, 2.45) is 5.73 Å². The smallest absolute Gasteiger partial charge is 0.0205 e. The second-order valence-electron chi connectivity index (χ2n) is 3.92. The lowest BCUT2D eigenvalue weighted by molar-refractivity contribution is 0.646. The van der Waals surface area contributed by atoms with E-state index in [0.29, 0.717) is 0 Å². The molecule has 0 fully saturated rings. The van der Waals surface area contributed by atoms with Crippen LogP contribution in [0.25, 0.3) is 0 Å². The van der Waals surface area contributed by atoms with E-state index in [1.165, 1.54) is 11.1 Å².